The Kier molecular flexibility index (Phi) is 5.16. The predicted octanol–water partition coefficient (Wildman–Crippen LogP) is 1.37. The van der Waals surface area contributed by atoms with Crippen LogP contribution in [-0.4, -0.2) is 22.7 Å². The van der Waals surface area contributed by atoms with E-state index in [1.165, 1.54) is 32.1 Å². The molecule has 0 unspecified atom stereocenters. The summed E-state index contributed by atoms with van der Waals surface area (Å²) in [6, 6.07) is 0. The molecule has 1 saturated carbocycles. The summed E-state index contributed by atoms with van der Waals surface area (Å²) in [5.41, 5.74) is 0. The van der Waals surface area contributed by atoms with Crippen molar-refractivity contribution in [1.29, 1.82) is 0 Å². The van der Waals surface area contributed by atoms with Crippen LogP contribution in [0, 0.1) is 0 Å². The summed E-state index contributed by atoms with van der Waals surface area (Å²) in [5, 5.41) is 0.508. The van der Waals surface area contributed by atoms with E-state index in [2.05, 4.69) is 0 Å². The van der Waals surface area contributed by atoms with Crippen LogP contribution in [0.3, 0.4) is 0 Å². The van der Waals surface area contributed by atoms with E-state index in [-0.39, 0.29) is 17.4 Å². The minimum Gasteiger partial charge on any atom is -0.123 e. The summed E-state index contributed by atoms with van der Waals surface area (Å²) < 4.78 is 0. The summed E-state index contributed by atoms with van der Waals surface area (Å²) >= 11 is 5.82. The van der Waals surface area contributed by atoms with Crippen LogP contribution in [0.1, 0.15) is 32.1 Å². The van der Waals surface area contributed by atoms with Gasteiger partial charge in [-0.2, -0.15) is 0 Å². The Bertz CT molecular complexity index is 50.5. The van der Waals surface area contributed by atoms with Crippen molar-refractivity contribution in [3.63, 3.8) is 0 Å². The topological polar surface area (TPSA) is 0 Å². The maximum absolute atomic E-state index is 5.82. The molecule has 1 fully saturated rings. The van der Waals surface area contributed by atoms with Gasteiger partial charge in [-0.05, 0) is 12.8 Å². The predicted molar refractivity (Wildman–Crippen MR) is 42.7 cm³/mol. The van der Waals surface area contributed by atoms with Crippen LogP contribution in [0.2, 0.25) is 0 Å². The summed E-state index contributed by atoms with van der Waals surface area (Å²) in [7, 11) is 0. The van der Waals surface area contributed by atoms with Gasteiger partial charge in [-0.1, -0.05) is 19.3 Å². The Morgan fingerprint density at radius 3 is 1.75 bits per heavy atom. The Morgan fingerprint density at radius 1 is 1.00 bits per heavy atom. The van der Waals surface area contributed by atoms with Crippen molar-refractivity contribution in [3.8, 4) is 0 Å². The lowest BCUT2D eigenvalue weighted by Crippen LogP contribution is -2.03. The van der Waals surface area contributed by atoms with E-state index < -0.39 is 0 Å². The van der Waals surface area contributed by atoms with Gasteiger partial charge < -0.3 is 0 Å². The molecule has 0 amide bonds. The zero-order valence-electron chi connectivity index (χ0n) is 4.49. The van der Waals surface area contributed by atoms with E-state index in [1.807, 2.05) is 0 Å². The molecular formula is C6H14AlCl. The molecule has 1 aliphatic carbocycles. The van der Waals surface area contributed by atoms with Crippen molar-refractivity contribution < 1.29 is 0 Å². The summed E-state index contributed by atoms with van der Waals surface area (Å²) in [6.07, 6.45) is 6.62. The average molecular weight is 149 g/mol. The van der Waals surface area contributed by atoms with Crippen LogP contribution in [-0.2, 0) is 0 Å². The van der Waals surface area contributed by atoms with Crippen molar-refractivity contribution in [3.05, 3.63) is 0 Å². The van der Waals surface area contributed by atoms with Gasteiger partial charge in [0.2, 0.25) is 0 Å². The molecule has 1 aliphatic rings. The van der Waals surface area contributed by atoms with Gasteiger partial charge in [-0.3, -0.25) is 0 Å². The van der Waals surface area contributed by atoms with Gasteiger partial charge in [0.05, 0.1) is 0 Å². The second-order valence-electron chi connectivity index (χ2n) is 2.24. The van der Waals surface area contributed by atoms with Crippen LogP contribution >= 0.6 is 11.6 Å². The largest absolute Gasteiger partial charge is 0.187 e. The lowest BCUT2D eigenvalue weighted by Gasteiger charge is -2.13. The Hall–Kier alpha value is 0.822. The van der Waals surface area contributed by atoms with Crippen molar-refractivity contribution in [2.75, 3.05) is 0 Å². The van der Waals surface area contributed by atoms with Crippen LogP contribution < -0.4 is 0 Å². The molecule has 0 N–H and O–H groups in total. The second-order valence-corrected chi connectivity index (χ2v) is 2.85. The van der Waals surface area contributed by atoms with Gasteiger partial charge in [-0.25, -0.2) is 0 Å². The van der Waals surface area contributed by atoms with E-state index in [1.54, 1.807) is 0 Å². The summed E-state index contributed by atoms with van der Waals surface area (Å²) in [5.74, 6) is 0. The Labute approximate surface area is 66.7 Å². The van der Waals surface area contributed by atoms with Crippen LogP contribution in [0.25, 0.3) is 0 Å². The van der Waals surface area contributed by atoms with Gasteiger partial charge in [0, 0.05) is 5.38 Å². The highest BCUT2D eigenvalue weighted by molar-refractivity contribution is 6.20. The fourth-order valence-electron chi connectivity index (χ4n) is 1.05. The molecule has 0 aromatic heterocycles. The highest BCUT2D eigenvalue weighted by Gasteiger charge is 2.08. The van der Waals surface area contributed by atoms with Crippen LogP contribution in [0.4, 0.5) is 0 Å². The normalized spacial score (nSPS) is 22.1. The number of rotatable bonds is 0. The highest BCUT2D eigenvalue weighted by atomic mass is 35.5. The lowest BCUT2D eigenvalue weighted by atomic mass is 10.0. The van der Waals surface area contributed by atoms with Crippen molar-refractivity contribution in [2.24, 2.45) is 0 Å². The minimum atomic E-state index is 0. The zero-order chi connectivity index (χ0) is 5.11. The molecule has 0 aromatic carbocycles. The third kappa shape index (κ3) is 2.97. The molecule has 2 heteroatoms. The van der Waals surface area contributed by atoms with E-state index in [0.29, 0.717) is 5.38 Å². The van der Waals surface area contributed by atoms with Gasteiger partial charge in [0.25, 0.3) is 0 Å². The molecular weight excluding hydrogens is 135 g/mol. The Balaban J connectivity index is 0.000000490. The molecule has 8 heavy (non-hydrogen) atoms. The van der Waals surface area contributed by atoms with Crippen molar-refractivity contribution in [2.45, 2.75) is 37.5 Å². The van der Waals surface area contributed by atoms with Gasteiger partial charge in [0.1, 0.15) is 0 Å². The maximum atomic E-state index is 5.82. The highest BCUT2D eigenvalue weighted by Crippen LogP contribution is 2.21. The molecule has 0 heterocycles. The molecule has 0 nitrogen and oxygen atoms in total. The fraction of sp³-hybridized carbons (Fsp3) is 1.00. The standard InChI is InChI=1S/C6H11Cl.Al.3H/c7-6-4-2-1-3-5-6;;;;/h6H,1-5H2;;;;. The first-order chi connectivity index (χ1) is 3.39. The number of hydrogen-bond donors (Lipinski definition) is 0. The first-order valence-corrected chi connectivity index (χ1v) is 3.47. The maximum Gasteiger partial charge on any atom is 0.187 e. The molecule has 48 valence electrons. The van der Waals surface area contributed by atoms with Gasteiger partial charge in [0.15, 0.2) is 17.4 Å². The molecule has 0 spiro atoms. The molecule has 0 saturated heterocycles. The van der Waals surface area contributed by atoms with Crippen molar-refractivity contribution >= 4 is 29.0 Å². The Morgan fingerprint density at radius 2 is 1.50 bits per heavy atom. The van der Waals surface area contributed by atoms with E-state index in [4.69, 9.17) is 11.6 Å². The summed E-state index contributed by atoms with van der Waals surface area (Å²) in [4.78, 5) is 0. The van der Waals surface area contributed by atoms with Gasteiger partial charge in [-0.15, -0.1) is 11.6 Å². The average Bonchev–Trinajstić information content (AvgIpc) is 1.69. The molecule has 0 bridgehead atoms. The SMILES string of the molecule is ClC1CCCCC1.[AlH3]. The third-order valence-electron chi connectivity index (χ3n) is 1.53. The van der Waals surface area contributed by atoms with Gasteiger partial charge >= 0.3 is 0 Å². The smallest absolute Gasteiger partial charge is 0.123 e. The number of halogens is 1. The lowest BCUT2D eigenvalue weighted by molar-refractivity contribution is 0.511. The number of alkyl halides is 1. The molecule has 0 aromatic rings. The first kappa shape index (κ1) is 8.82. The molecule has 0 atom stereocenters. The molecule has 0 radical (unpaired) electrons. The van der Waals surface area contributed by atoms with Crippen molar-refractivity contribution in [1.82, 2.24) is 0 Å². The quantitative estimate of drug-likeness (QED) is 0.360. The number of hydrogen-bond acceptors (Lipinski definition) is 0. The van der Waals surface area contributed by atoms with Crippen LogP contribution in [0.15, 0.2) is 0 Å². The monoisotopic (exact) mass is 148 g/mol. The second kappa shape index (κ2) is 4.68. The molecule has 0 aliphatic heterocycles. The molecule has 1 rings (SSSR count). The third-order valence-corrected chi connectivity index (χ3v) is 1.97. The zero-order valence-corrected chi connectivity index (χ0v) is 5.25. The van der Waals surface area contributed by atoms with Crippen LogP contribution in [0.5, 0.6) is 0 Å². The fourth-order valence-corrected chi connectivity index (χ4v) is 1.36. The van der Waals surface area contributed by atoms with E-state index in [9.17, 15) is 0 Å². The van der Waals surface area contributed by atoms with E-state index in [0.717, 1.165) is 0 Å². The first-order valence-electron chi connectivity index (χ1n) is 3.03. The minimum absolute atomic E-state index is 0. The van der Waals surface area contributed by atoms with E-state index >= 15 is 0 Å². The summed E-state index contributed by atoms with van der Waals surface area (Å²) in [6.45, 7) is 0.